The summed E-state index contributed by atoms with van der Waals surface area (Å²) in [5.41, 5.74) is 2.29. The van der Waals surface area contributed by atoms with Crippen molar-refractivity contribution in [3.63, 3.8) is 0 Å². The van der Waals surface area contributed by atoms with Crippen molar-refractivity contribution in [2.45, 2.75) is 18.8 Å². The van der Waals surface area contributed by atoms with Crippen LogP contribution in [0.2, 0.25) is 0 Å². The molecule has 2 aromatic rings. The Morgan fingerprint density at radius 2 is 2.29 bits per heavy atom. The summed E-state index contributed by atoms with van der Waals surface area (Å²) in [6.45, 7) is -0.503. The lowest BCUT2D eigenvalue weighted by molar-refractivity contribution is 0.0899. The van der Waals surface area contributed by atoms with Gasteiger partial charge in [0.2, 0.25) is 5.78 Å². The van der Waals surface area contributed by atoms with Gasteiger partial charge in [-0.1, -0.05) is 0 Å². The highest BCUT2D eigenvalue weighted by Gasteiger charge is 2.25. The van der Waals surface area contributed by atoms with Crippen molar-refractivity contribution in [1.29, 1.82) is 0 Å². The van der Waals surface area contributed by atoms with Crippen molar-refractivity contribution in [1.82, 2.24) is 9.38 Å². The number of carbonyl (C=O) groups excluding carboxylic acids is 1. The fraction of sp³-hybridized carbons (Fsp3) is 0.333. The predicted octanol–water partition coefficient (Wildman–Crippen LogP) is 2.15. The summed E-state index contributed by atoms with van der Waals surface area (Å²) in [6, 6.07) is 2.06. The molecule has 0 radical (unpaired) electrons. The Balaban J connectivity index is 2.14. The smallest absolute Gasteiger partial charge is 0.208 e. The molecule has 17 heavy (non-hydrogen) atoms. The molecule has 0 bridgehead atoms. The number of rotatable bonds is 3. The molecule has 4 nitrogen and oxygen atoms in total. The van der Waals surface area contributed by atoms with Gasteiger partial charge < -0.3 is 9.51 Å². The first-order chi connectivity index (χ1) is 8.19. The summed E-state index contributed by atoms with van der Waals surface area (Å²) in [4.78, 5) is 15.6. The van der Waals surface area contributed by atoms with E-state index < -0.39 is 6.61 Å². The first-order valence-electron chi connectivity index (χ1n) is 5.51. The van der Waals surface area contributed by atoms with Gasteiger partial charge in [-0.2, -0.15) is 0 Å². The highest BCUT2D eigenvalue weighted by atomic mass is 79.9. The second-order valence-electron chi connectivity index (χ2n) is 4.33. The molecular formula is C12H11BrN2O2. The van der Waals surface area contributed by atoms with Crippen LogP contribution in [0.3, 0.4) is 0 Å². The van der Waals surface area contributed by atoms with Gasteiger partial charge in [-0.05, 0) is 46.3 Å². The summed E-state index contributed by atoms with van der Waals surface area (Å²) in [7, 11) is 0. The molecule has 0 amide bonds. The van der Waals surface area contributed by atoms with Gasteiger partial charge in [0.25, 0.3) is 0 Å². The lowest BCUT2D eigenvalue weighted by Gasteiger charge is -2.01. The van der Waals surface area contributed by atoms with Crippen molar-refractivity contribution in [2.75, 3.05) is 6.61 Å². The number of nitrogens with zero attached hydrogens (tertiary/aromatic N) is 2. The number of ketones is 1. The summed E-state index contributed by atoms with van der Waals surface area (Å²) < 4.78 is 2.74. The quantitative estimate of drug-likeness (QED) is 0.883. The molecule has 5 heteroatoms. The number of fused-ring (bicyclic) bond motifs is 1. The third-order valence-corrected chi connectivity index (χ3v) is 3.59. The van der Waals surface area contributed by atoms with Crippen LogP contribution >= 0.6 is 15.9 Å². The van der Waals surface area contributed by atoms with Crippen LogP contribution in [0.15, 0.2) is 22.9 Å². The minimum atomic E-state index is -0.503. The van der Waals surface area contributed by atoms with Gasteiger partial charge in [0.15, 0.2) is 5.65 Å². The number of pyridine rings is 1. The van der Waals surface area contributed by atoms with Gasteiger partial charge in [-0.3, -0.25) is 4.79 Å². The molecule has 2 heterocycles. The third kappa shape index (κ3) is 1.89. The molecule has 0 spiro atoms. The van der Waals surface area contributed by atoms with Crippen LogP contribution in [-0.4, -0.2) is 26.9 Å². The van der Waals surface area contributed by atoms with Gasteiger partial charge >= 0.3 is 0 Å². The van der Waals surface area contributed by atoms with Gasteiger partial charge in [0.05, 0.1) is 4.47 Å². The average molecular weight is 295 g/mol. The number of aromatic nitrogens is 2. The van der Waals surface area contributed by atoms with E-state index in [1.165, 1.54) is 18.4 Å². The van der Waals surface area contributed by atoms with Crippen LogP contribution in [0.4, 0.5) is 0 Å². The second-order valence-corrected chi connectivity index (χ2v) is 5.19. The monoisotopic (exact) mass is 294 g/mol. The highest BCUT2D eigenvalue weighted by Crippen LogP contribution is 2.41. The Hall–Kier alpha value is -1.20. The topological polar surface area (TPSA) is 54.6 Å². The lowest BCUT2D eigenvalue weighted by Crippen LogP contribution is -2.04. The van der Waals surface area contributed by atoms with E-state index >= 15 is 0 Å². The molecule has 0 saturated heterocycles. The largest absolute Gasteiger partial charge is 0.388 e. The fourth-order valence-corrected chi connectivity index (χ4v) is 2.49. The van der Waals surface area contributed by atoms with Crippen LogP contribution in [0.5, 0.6) is 0 Å². The van der Waals surface area contributed by atoms with Crippen molar-refractivity contribution in [3.05, 3.63) is 34.2 Å². The van der Waals surface area contributed by atoms with Crippen LogP contribution in [-0.2, 0) is 0 Å². The normalized spacial score (nSPS) is 15.4. The number of hydrogen-bond donors (Lipinski definition) is 1. The molecule has 1 N–H and O–H groups in total. The summed E-state index contributed by atoms with van der Waals surface area (Å²) in [6.07, 6.45) is 6.15. The molecule has 88 valence electrons. The maximum atomic E-state index is 11.4. The van der Waals surface area contributed by atoms with Gasteiger partial charge in [-0.15, -0.1) is 0 Å². The fourth-order valence-electron chi connectivity index (χ4n) is 1.93. The summed E-state index contributed by atoms with van der Waals surface area (Å²) in [5, 5.41) is 8.82. The van der Waals surface area contributed by atoms with E-state index in [0.717, 1.165) is 4.47 Å². The number of halogens is 1. The van der Waals surface area contributed by atoms with Crippen molar-refractivity contribution in [2.24, 2.45) is 0 Å². The molecule has 1 aliphatic carbocycles. The van der Waals surface area contributed by atoms with Crippen molar-refractivity contribution in [3.8, 4) is 0 Å². The number of Topliss-reactive ketones (excluding diaryl/α,β-unsaturated/α-hetero) is 1. The SMILES string of the molecule is O=C(CO)c1cn2cc(C3CC3)cc(Br)c2n1. The Bertz CT molecular complexity index is 602. The number of aliphatic hydroxyl groups excluding tert-OH is 1. The average Bonchev–Trinajstić information content (AvgIpc) is 3.08. The van der Waals surface area contributed by atoms with E-state index in [1.807, 2.05) is 10.6 Å². The predicted molar refractivity (Wildman–Crippen MR) is 66.3 cm³/mol. The van der Waals surface area contributed by atoms with Gasteiger partial charge in [-0.25, -0.2) is 4.98 Å². The van der Waals surface area contributed by atoms with E-state index in [1.54, 1.807) is 6.20 Å². The zero-order chi connectivity index (χ0) is 12.0. The van der Waals surface area contributed by atoms with Crippen molar-refractivity contribution >= 4 is 27.4 Å². The van der Waals surface area contributed by atoms with E-state index in [-0.39, 0.29) is 5.78 Å². The van der Waals surface area contributed by atoms with Gasteiger partial charge in [0, 0.05) is 12.4 Å². The molecule has 1 saturated carbocycles. The first kappa shape index (κ1) is 10.9. The number of aliphatic hydroxyl groups is 1. The minimum Gasteiger partial charge on any atom is -0.388 e. The minimum absolute atomic E-state index is 0.307. The van der Waals surface area contributed by atoms with Crippen LogP contribution in [0.25, 0.3) is 5.65 Å². The molecule has 0 unspecified atom stereocenters. The Labute approximate surface area is 106 Å². The molecule has 0 aliphatic heterocycles. The van der Waals surface area contributed by atoms with Crippen LogP contribution < -0.4 is 0 Å². The molecule has 0 atom stereocenters. The number of hydrogen-bond acceptors (Lipinski definition) is 3. The van der Waals surface area contributed by atoms with Crippen LogP contribution in [0, 0.1) is 0 Å². The first-order valence-corrected chi connectivity index (χ1v) is 6.30. The second kappa shape index (κ2) is 3.92. The Kier molecular flexibility index (Phi) is 2.52. The lowest BCUT2D eigenvalue weighted by atomic mass is 10.2. The van der Waals surface area contributed by atoms with E-state index in [0.29, 0.717) is 17.3 Å². The Morgan fingerprint density at radius 3 is 2.94 bits per heavy atom. The maximum Gasteiger partial charge on any atom is 0.208 e. The Morgan fingerprint density at radius 1 is 1.53 bits per heavy atom. The number of imidazole rings is 1. The van der Waals surface area contributed by atoms with Crippen molar-refractivity contribution < 1.29 is 9.90 Å². The molecule has 2 aromatic heterocycles. The molecular weight excluding hydrogens is 284 g/mol. The third-order valence-electron chi connectivity index (χ3n) is 3.01. The zero-order valence-electron chi connectivity index (χ0n) is 9.06. The highest BCUT2D eigenvalue weighted by molar-refractivity contribution is 9.10. The molecule has 1 aliphatic rings. The summed E-state index contributed by atoms with van der Waals surface area (Å²) >= 11 is 3.47. The van der Waals surface area contributed by atoms with Crippen LogP contribution in [0.1, 0.15) is 34.8 Å². The summed E-state index contributed by atoms with van der Waals surface area (Å²) in [5.74, 6) is 0.295. The maximum absolute atomic E-state index is 11.4. The van der Waals surface area contributed by atoms with E-state index in [2.05, 4.69) is 27.0 Å². The van der Waals surface area contributed by atoms with Gasteiger partial charge in [0.1, 0.15) is 12.3 Å². The van der Waals surface area contributed by atoms with E-state index in [9.17, 15) is 4.79 Å². The molecule has 0 aromatic carbocycles. The molecule has 3 rings (SSSR count). The zero-order valence-corrected chi connectivity index (χ0v) is 10.6. The standard InChI is InChI=1S/C12H11BrN2O2/c13-9-3-8(7-1-2-7)4-15-5-10(11(17)6-16)14-12(9)15/h3-5,7,16H,1-2,6H2. The molecule has 1 fully saturated rings. The van der Waals surface area contributed by atoms with E-state index in [4.69, 9.17) is 5.11 Å². The number of carbonyl (C=O) groups is 1.